The number of rotatable bonds is 6. The van der Waals surface area contributed by atoms with Crippen molar-refractivity contribution in [3.63, 3.8) is 0 Å². The number of aromatic nitrogens is 2. The van der Waals surface area contributed by atoms with Crippen LogP contribution in [0, 0.1) is 0 Å². The first-order chi connectivity index (χ1) is 9.22. The van der Waals surface area contributed by atoms with Gasteiger partial charge in [0.15, 0.2) is 5.82 Å². The highest BCUT2D eigenvalue weighted by molar-refractivity contribution is 7.09. The van der Waals surface area contributed by atoms with Crippen molar-refractivity contribution < 1.29 is 4.74 Å². The number of nitrogen functional groups attached to an aromatic ring is 1. The molecule has 0 saturated heterocycles. The number of ether oxygens (including phenoxy) is 1. The summed E-state index contributed by atoms with van der Waals surface area (Å²) in [6.45, 7) is 4.16. The van der Waals surface area contributed by atoms with E-state index in [0.29, 0.717) is 18.2 Å². The van der Waals surface area contributed by atoms with Crippen LogP contribution >= 0.6 is 11.3 Å². The smallest absolute Gasteiger partial charge is 0.158 e. The van der Waals surface area contributed by atoms with E-state index < -0.39 is 0 Å². The van der Waals surface area contributed by atoms with Gasteiger partial charge in [-0.1, -0.05) is 6.07 Å². The van der Waals surface area contributed by atoms with Crippen LogP contribution in [0.4, 0.5) is 11.6 Å². The molecule has 5 nitrogen and oxygen atoms in total. The third-order valence-electron chi connectivity index (χ3n) is 2.68. The normalized spacial score (nSPS) is 10.6. The lowest BCUT2D eigenvalue weighted by atomic mass is 10.3. The zero-order chi connectivity index (χ0) is 13.7. The Morgan fingerprint density at radius 1 is 1.42 bits per heavy atom. The number of methoxy groups -OCH3 is 1. The molecule has 2 aromatic rings. The van der Waals surface area contributed by atoms with Crippen molar-refractivity contribution in [3.05, 3.63) is 34.3 Å². The van der Waals surface area contributed by atoms with E-state index in [1.807, 2.05) is 0 Å². The molecule has 2 aromatic heterocycles. The van der Waals surface area contributed by atoms with Gasteiger partial charge < -0.3 is 15.4 Å². The van der Waals surface area contributed by atoms with Gasteiger partial charge in [-0.05, 0) is 18.4 Å². The van der Waals surface area contributed by atoms with Gasteiger partial charge in [-0.3, -0.25) is 0 Å². The molecule has 0 radical (unpaired) electrons. The van der Waals surface area contributed by atoms with Crippen molar-refractivity contribution in [1.82, 2.24) is 9.97 Å². The van der Waals surface area contributed by atoms with E-state index in [1.54, 1.807) is 24.5 Å². The Kier molecular flexibility index (Phi) is 4.70. The molecule has 0 aliphatic rings. The monoisotopic (exact) mass is 278 g/mol. The predicted octanol–water partition coefficient (Wildman–Crippen LogP) is 2.29. The summed E-state index contributed by atoms with van der Waals surface area (Å²) in [7, 11) is 1.62. The molecule has 0 aliphatic heterocycles. The van der Waals surface area contributed by atoms with Crippen molar-refractivity contribution in [2.75, 3.05) is 24.3 Å². The van der Waals surface area contributed by atoms with Crippen molar-refractivity contribution in [1.29, 1.82) is 0 Å². The van der Waals surface area contributed by atoms with Crippen LogP contribution in [0.2, 0.25) is 0 Å². The Morgan fingerprint density at radius 3 is 2.89 bits per heavy atom. The summed E-state index contributed by atoms with van der Waals surface area (Å²) >= 11 is 1.74. The summed E-state index contributed by atoms with van der Waals surface area (Å²) in [6.07, 6.45) is 0. The molecule has 0 aliphatic carbocycles. The molecule has 2 heterocycles. The van der Waals surface area contributed by atoms with E-state index in [2.05, 4.69) is 39.3 Å². The van der Waals surface area contributed by atoms with Crippen molar-refractivity contribution >= 4 is 23.0 Å². The number of anilines is 2. The quantitative estimate of drug-likeness (QED) is 0.878. The minimum atomic E-state index is 0.370. The fourth-order valence-corrected chi connectivity index (χ4v) is 2.52. The molecule has 102 valence electrons. The second-order valence-corrected chi connectivity index (χ2v) is 5.13. The van der Waals surface area contributed by atoms with Crippen molar-refractivity contribution in [2.24, 2.45) is 0 Å². The third-order valence-corrected chi connectivity index (χ3v) is 3.55. The van der Waals surface area contributed by atoms with Gasteiger partial charge in [0.05, 0.1) is 6.54 Å². The van der Waals surface area contributed by atoms with Gasteiger partial charge in [0.1, 0.15) is 18.2 Å². The number of nitrogens with two attached hydrogens (primary N) is 1. The minimum Gasteiger partial charge on any atom is -0.384 e. The second-order valence-electron chi connectivity index (χ2n) is 4.09. The first-order valence-electron chi connectivity index (χ1n) is 6.12. The lowest BCUT2D eigenvalue weighted by Gasteiger charge is -2.21. The van der Waals surface area contributed by atoms with Gasteiger partial charge in [0.25, 0.3) is 0 Å². The molecule has 6 heteroatoms. The molecule has 0 unspecified atom stereocenters. The largest absolute Gasteiger partial charge is 0.384 e. The summed E-state index contributed by atoms with van der Waals surface area (Å²) in [5, 5.41) is 2.08. The van der Waals surface area contributed by atoms with Gasteiger partial charge in [-0.15, -0.1) is 11.3 Å². The molecular weight excluding hydrogens is 260 g/mol. The van der Waals surface area contributed by atoms with Crippen LogP contribution in [-0.4, -0.2) is 23.6 Å². The molecule has 19 heavy (non-hydrogen) atoms. The number of hydrogen-bond acceptors (Lipinski definition) is 6. The molecular formula is C13H18N4OS. The Balaban J connectivity index is 2.21. The van der Waals surface area contributed by atoms with Crippen LogP contribution in [-0.2, 0) is 17.9 Å². The first kappa shape index (κ1) is 13.8. The average molecular weight is 278 g/mol. The van der Waals surface area contributed by atoms with Crippen LogP contribution in [0.1, 0.15) is 17.6 Å². The number of hydrogen-bond donors (Lipinski definition) is 1. The third kappa shape index (κ3) is 3.65. The molecule has 0 fully saturated rings. The highest BCUT2D eigenvalue weighted by atomic mass is 32.1. The molecule has 0 bridgehead atoms. The molecule has 0 atom stereocenters. The fourth-order valence-electron chi connectivity index (χ4n) is 1.80. The number of thiophene rings is 1. The summed E-state index contributed by atoms with van der Waals surface area (Å²) in [5.41, 5.74) is 5.82. The van der Waals surface area contributed by atoms with Crippen molar-refractivity contribution in [2.45, 2.75) is 20.1 Å². The van der Waals surface area contributed by atoms with E-state index in [-0.39, 0.29) is 0 Å². The van der Waals surface area contributed by atoms with E-state index in [0.717, 1.165) is 18.9 Å². The number of nitrogens with zero attached hydrogens (tertiary/aromatic N) is 3. The summed E-state index contributed by atoms with van der Waals surface area (Å²) in [5.74, 6) is 1.93. The minimum absolute atomic E-state index is 0.370. The average Bonchev–Trinajstić information content (AvgIpc) is 2.88. The van der Waals surface area contributed by atoms with Crippen LogP contribution in [0.3, 0.4) is 0 Å². The van der Waals surface area contributed by atoms with Gasteiger partial charge >= 0.3 is 0 Å². The molecule has 0 spiro atoms. The molecule has 2 rings (SSSR count). The Morgan fingerprint density at radius 2 is 2.26 bits per heavy atom. The maximum Gasteiger partial charge on any atom is 0.158 e. The van der Waals surface area contributed by atoms with Crippen LogP contribution < -0.4 is 10.6 Å². The Bertz CT molecular complexity index is 515. The zero-order valence-corrected chi connectivity index (χ0v) is 12.0. The lowest BCUT2D eigenvalue weighted by molar-refractivity contribution is 0.178. The van der Waals surface area contributed by atoms with E-state index in [4.69, 9.17) is 10.5 Å². The van der Waals surface area contributed by atoms with Gasteiger partial charge in [-0.2, -0.15) is 0 Å². The highest BCUT2D eigenvalue weighted by Crippen LogP contribution is 2.19. The summed E-state index contributed by atoms with van der Waals surface area (Å²) in [4.78, 5) is 12.1. The molecule has 0 aromatic carbocycles. The zero-order valence-electron chi connectivity index (χ0n) is 11.2. The second kappa shape index (κ2) is 6.49. The van der Waals surface area contributed by atoms with Gasteiger partial charge in [0, 0.05) is 24.6 Å². The molecule has 0 amide bonds. The van der Waals surface area contributed by atoms with Crippen molar-refractivity contribution in [3.8, 4) is 0 Å². The van der Waals surface area contributed by atoms with Gasteiger partial charge in [0.2, 0.25) is 0 Å². The maximum absolute atomic E-state index is 5.82. The van der Waals surface area contributed by atoms with Gasteiger partial charge in [-0.25, -0.2) is 9.97 Å². The van der Waals surface area contributed by atoms with Crippen LogP contribution in [0.5, 0.6) is 0 Å². The Hall–Kier alpha value is -1.66. The molecule has 0 saturated carbocycles. The van der Waals surface area contributed by atoms with Crippen LogP contribution in [0.15, 0.2) is 23.6 Å². The topological polar surface area (TPSA) is 64.3 Å². The van der Waals surface area contributed by atoms with E-state index >= 15 is 0 Å². The van der Waals surface area contributed by atoms with E-state index in [1.165, 1.54) is 4.88 Å². The maximum atomic E-state index is 5.82. The first-order valence-corrected chi connectivity index (χ1v) is 7.00. The fraction of sp³-hybridized carbons (Fsp3) is 0.385. The lowest BCUT2D eigenvalue weighted by Crippen LogP contribution is -2.23. The summed E-state index contributed by atoms with van der Waals surface area (Å²) in [6, 6.07) is 5.97. The standard InChI is InChI=1S/C13H18N4OS/c1-3-17(8-10-5-4-6-19-10)13-7-11(14)15-12(16-13)9-18-2/h4-7H,3,8-9H2,1-2H3,(H2,14,15,16). The van der Waals surface area contributed by atoms with E-state index in [9.17, 15) is 0 Å². The van der Waals surface area contributed by atoms with Crippen LogP contribution in [0.25, 0.3) is 0 Å². The molecule has 2 N–H and O–H groups in total. The Labute approximate surface area is 117 Å². The SMILES string of the molecule is CCN(Cc1cccs1)c1cc(N)nc(COC)n1. The summed E-state index contributed by atoms with van der Waals surface area (Å²) < 4.78 is 5.06. The highest BCUT2D eigenvalue weighted by Gasteiger charge is 2.10. The predicted molar refractivity (Wildman–Crippen MR) is 78.2 cm³/mol.